The summed E-state index contributed by atoms with van der Waals surface area (Å²) in [5.41, 5.74) is 0.500. The molecular weight excluding hydrogens is 246 g/mol. The molecule has 0 saturated carbocycles. The lowest BCUT2D eigenvalue weighted by atomic mass is 10.2. The van der Waals surface area contributed by atoms with Crippen molar-refractivity contribution >= 4 is 34.0 Å². The molecule has 4 nitrogen and oxygen atoms in total. The number of aryl methyl sites for hydroxylation is 1. The van der Waals surface area contributed by atoms with Crippen LogP contribution in [0.25, 0.3) is 0 Å². The van der Waals surface area contributed by atoms with Gasteiger partial charge in [-0.15, -0.1) is 10.2 Å². The molecule has 0 aliphatic rings. The minimum absolute atomic E-state index is 0.237. The number of hydrogen-bond acceptors (Lipinski definition) is 4. The molecule has 0 aliphatic carbocycles. The van der Waals surface area contributed by atoms with Crippen LogP contribution in [0.1, 0.15) is 15.4 Å². The van der Waals surface area contributed by atoms with Crippen molar-refractivity contribution in [1.82, 2.24) is 10.2 Å². The molecule has 16 heavy (non-hydrogen) atoms. The van der Waals surface area contributed by atoms with E-state index in [9.17, 15) is 4.79 Å². The fourth-order valence-electron chi connectivity index (χ4n) is 1.15. The van der Waals surface area contributed by atoms with Gasteiger partial charge in [0.15, 0.2) is 0 Å². The maximum atomic E-state index is 11.7. The van der Waals surface area contributed by atoms with Crippen molar-refractivity contribution in [1.29, 1.82) is 0 Å². The van der Waals surface area contributed by atoms with Crippen LogP contribution in [0.5, 0.6) is 0 Å². The van der Waals surface area contributed by atoms with E-state index in [1.807, 2.05) is 6.92 Å². The Morgan fingerprint density at radius 3 is 2.88 bits per heavy atom. The Hall–Kier alpha value is -1.46. The zero-order valence-electron chi connectivity index (χ0n) is 8.40. The van der Waals surface area contributed by atoms with Gasteiger partial charge in [0.1, 0.15) is 5.01 Å². The minimum atomic E-state index is -0.237. The third-order valence-corrected chi connectivity index (χ3v) is 2.82. The summed E-state index contributed by atoms with van der Waals surface area (Å²) in [5, 5.41) is 12.1. The normalized spacial score (nSPS) is 10.1. The first-order valence-corrected chi connectivity index (χ1v) is 5.71. The van der Waals surface area contributed by atoms with Gasteiger partial charge in [0.2, 0.25) is 5.13 Å². The molecule has 0 atom stereocenters. The molecule has 2 rings (SSSR count). The molecule has 0 radical (unpaired) electrons. The number of carbonyl (C=O) groups excluding carboxylic acids is 1. The van der Waals surface area contributed by atoms with Crippen LogP contribution >= 0.6 is 22.9 Å². The van der Waals surface area contributed by atoms with E-state index in [0.717, 1.165) is 5.01 Å². The number of nitrogens with zero attached hydrogens (tertiary/aromatic N) is 2. The van der Waals surface area contributed by atoms with Crippen molar-refractivity contribution in [2.45, 2.75) is 6.92 Å². The van der Waals surface area contributed by atoms with Gasteiger partial charge in [-0.05, 0) is 25.1 Å². The monoisotopic (exact) mass is 253 g/mol. The molecule has 0 fully saturated rings. The zero-order valence-corrected chi connectivity index (χ0v) is 9.97. The average Bonchev–Trinajstić information content (AvgIpc) is 2.64. The number of aromatic nitrogens is 2. The Bertz CT molecular complexity index is 526. The van der Waals surface area contributed by atoms with Gasteiger partial charge in [-0.1, -0.05) is 29.0 Å². The van der Waals surface area contributed by atoms with Gasteiger partial charge in [0, 0.05) is 10.6 Å². The largest absolute Gasteiger partial charge is 0.296 e. The number of benzene rings is 1. The zero-order chi connectivity index (χ0) is 11.5. The van der Waals surface area contributed by atoms with Gasteiger partial charge in [0.05, 0.1) is 0 Å². The maximum Gasteiger partial charge on any atom is 0.257 e. The lowest BCUT2D eigenvalue weighted by Gasteiger charge is -2.00. The van der Waals surface area contributed by atoms with Crippen LogP contribution in [0.4, 0.5) is 5.13 Å². The molecule has 1 amide bonds. The van der Waals surface area contributed by atoms with Gasteiger partial charge in [-0.2, -0.15) is 0 Å². The first-order chi connectivity index (χ1) is 7.65. The summed E-state index contributed by atoms with van der Waals surface area (Å²) < 4.78 is 0. The van der Waals surface area contributed by atoms with E-state index < -0.39 is 0 Å². The third kappa shape index (κ3) is 2.56. The molecular formula is C10H8ClN3OS. The van der Waals surface area contributed by atoms with Crippen LogP contribution in [0.2, 0.25) is 5.02 Å². The van der Waals surface area contributed by atoms with Crippen molar-refractivity contribution in [3.63, 3.8) is 0 Å². The predicted molar refractivity (Wildman–Crippen MR) is 64.1 cm³/mol. The first kappa shape index (κ1) is 11.0. The van der Waals surface area contributed by atoms with Gasteiger partial charge >= 0.3 is 0 Å². The van der Waals surface area contributed by atoms with E-state index >= 15 is 0 Å². The quantitative estimate of drug-likeness (QED) is 0.895. The molecule has 6 heteroatoms. The predicted octanol–water partition coefficient (Wildman–Crippen LogP) is 2.75. The summed E-state index contributed by atoms with van der Waals surface area (Å²) in [7, 11) is 0. The van der Waals surface area contributed by atoms with Crippen LogP contribution in [0.3, 0.4) is 0 Å². The molecule has 0 unspecified atom stereocenters. The van der Waals surface area contributed by atoms with Gasteiger partial charge < -0.3 is 0 Å². The molecule has 1 N–H and O–H groups in total. The van der Waals surface area contributed by atoms with Crippen LogP contribution in [-0.2, 0) is 0 Å². The molecule has 1 heterocycles. The average molecular weight is 254 g/mol. The summed E-state index contributed by atoms with van der Waals surface area (Å²) in [6.07, 6.45) is 0. The Balaban J connectivity index is 2.14. The molecule has 0 bridgehead atoms. The van der Waals surface area contributed by atoms with Crippen LogP contribution in [-0.4, -0.2) is 16.1 Å². The van der Waals surface area contributed by atoms with E-state index in [1.165, 1.54) is 11.3 Å². The van der Waals surface area contributed by atoms with Gasteiger partial charge in [0.25, 0.3) is 5.91 Å². The Labute approximate surface area is 101 Å². The Morgan fingerprint density at radius 2 is 2.25 bits per heavy atom. The molecule has 1 aromatic heterocycles. The highest BCUT2D eigenvalue weighted by molar-refractivity contribution is 7.15. The fraction of sp³-hybridized carbons (Fsp3) is 0.100. The lowest BCUT2D eigenvalue weighted by molar-refractivity contribution is 0.102. The smallest absolute Gasteiger partial charge is 0.257 e. The fourth-order valence-corrected chi connectivity index (χ4v) is 1.92. The second-order valence-corrected chi connectivity index (χ2v) is 4.71. The summed E-state index contributed by atoms with van der Waals surface area (Å²) in [5.74, 6) is -0.237. The Morgan fingerprint density at radius 1 is 1.44 bits per heavy atom. The maximum absolute atomic E-state index is 11.7. The van der Waals surface area contributed by atoms with Gasteiger partial charge in [-0.3, -0.25) is 10.1 Å². The highest BCUT2D eigenvalue weighted by Gasteiger charge is 2.08. The summed E-state index contributed by atoms with van der Waals surface area (Å²) >= 11 is 7.12. The second-order valence-electron chi connectivity index (χ2n) is 3.09. The number of anilines is 1. The van der Waals surface area contributed by atoms with Crippen LogP contribution < -0.4 is 5.32 Å². The standard InChI is InChI=1S/C10H8ClN3OS/c1-6-13-14-10(16-6)12-9(15)7-3-2-4-8(11)5-7/h2-5H,1H3,(H,12,14,15). The molecule has 0 saturated heterocycles. The third-order valence-electron chi connectivity index (χ3n) is 1.83. The van der Waals surface area contributed by atoms with Crippen molar-refractivity contribution < 1.29 is 4.79 Å². The number of hydrogen-bond donors (Lipinski definition) is 1. The summed E-state index contributed by atoms with van der Waals surface area (Å²) in [6, 6.07) is 6.73. The number of rotatable bonds is 2. The highest BCUT2D eigenvalue weighted by atomic mass is 35.5. The number of nitrogens with one attached hydrogen (secondary N) is 1. The SMILES string of the molecule is Cc1nnc(NC(=O)c2cccc(Cl)c2)s1. The van der Waals surface area contributed by atoms with E-state index in [4.69, 9.17) is 11.6 Å². The van der Waals surface area contributed by atoms with E-state index in [0.29, 0.717) is 15.7 Å². The minimum Gasteiger partial charge on any atom is -0.296 e. The molecule has 0 spiro atoms. The lowest BCUT2D eigenvalue weighted by Crippen LogP contribution is -2.11. The van der Waals surface area contributed by atoms with Crippen molar-refractivity contribution in [3.8, 4) is 0 Å². The highest BCUT2D eigenvalue weighted by Crippen LogP contribution is 2.16. The molecule has 1 aromatic carbocycles. The summed E-state index contributed by atoms with van der Waals surface area (Å²) in [6.45, 7) is 1.83. The van der Waals surface area contributed by atoms with E-state index in [2.05, 4.69) is 15.5 Å². The van der Waals surface area contributed by atoms with Crippen molar-refractivity contribution in [2.75, 3.05) is 5.32 Å². The van der Waals surface area contributed by atoms with E-state index in [1.54, 1.807) is 24.3 Å². The van der Waals surface area contributed by atoms with Gasteiger partial charge in [-0.25, -0.2) is 0 Å². The topological polar surface area (TPSA) is 54.9 Å². The number of amides is 1. The van der Waals surface area contributed by atoms with Crippen LogP contribution in [0, 0.1) is 6.92 Å². The van der Waals surface area contributed by atoms with Crippen molar-refractivity contribution in [2.24, 2.45) is 0 Å². The number of carbonyl (C=O) groups is 1. The molecule has 2 aromatic rings. The number of halogens is 1. The molecule has 82 valence electrons. The second kappa shape index (κ2) is 4.59. The molecule has 0 aliphatic heterocycles. The van der Waals surface area contributed by atoms with Crippen LogP contribution in [0.15, 0.2) is 24.3 Å². The summed E-state index contributed by atoms with van der Waals surface area (Å²) in [4.78, 5) is 11.7. The van der Waals surface area contributed by atoms with Crippen molar-refractivity contribution in [3.05, 3.63) is 39.9 Å². The first-order valence-electron chi connectivity index (χ1n) is 4.52. The van der Waals surface area contributed by atoms with E-state index in [-0.39, 0.29) is 5.91 Å². The Kier molecular flexibility index (Phi) is 3.17.